The highest BCUT2D eigenvalue weighted by molar-refractivity contribution is 8.47. The first-order valence-electron chi connectivity index (χ1n) is 9.93. The molecule has 1 heterocycles. The van der Waals surface area contributed by atoms with Gasteiger partial charge in [0.15, 0.2) is 0 Å². The minimum atomic E-state index is -1.10. The number of imide groups is 1. The molecule has 0 radical (unpaired) electrons. The van der Waals surface area contributed by atoms with Crippen molar-refractivity contribution in [2.45, 2.75) is 50.2 Å². The van der Waals surface area contributed by atoms with Gasteiger partial charge in [0.1, 0.15) is 21.4 Å². The van der Waals surface area contributed by atoms with Gasteiger partial charge in [-0.05, 0) is 19.6 Å². The van der Waals surface area contributed by atoms with Crippen LogP contribution in [0.3, 0.4) is 0 Å². The SMILES string of the molecule is CCSC(=S)SC(C)C(=O)OCCN1C(=O)CC(SCCC(=O)N(C)[C@@H](C)C(=O)O)C1=O. The van der Waals surface area contributed by atoms with Crippen molar-refractivity contribution in [1.82, 2.24) is 9.80 Å². The maximum atomic E-state index is 12.5. The van der Waals surface area contributed by atoms with E-state index in [0.29, 0.717) is 3.53 Å². The summed E-state index contributed by atoms with van der Waals surface area (Å²) in [6.45, 7) is 4.94. The highest BCUT2D eigenvalue weighted by atomic mass is 32.2. The van der Waals surface area contributed by atoms with Gasteiger partial charge < -0.3 is 14.7 Å². The molecule has 0 bridgehead atoms. The summed E-state index contributed by atoms with van der Waals surface area (Å²) in [5.41, 5.74) is 0. The van der Waals surface area contributed by atoms with E-state index < -0.39 is 28.5 Å². The Morgan fingerprint density at radius 3 is 2.56 bits per heavy atom. The van der Waals surface area contributed by atoms with E-state index in [9.17, 15) is 24.0 Å². The molecule has 0 aromatic rings. The van der Waals surface area contributed by atoms with Crippen molar-refractivity contribution in [1.29, 1.82) is 0 Å². The topological polar surface area (TPSA) is 121 Å². The number of ether oxygens (including phenoxy) is 1. The van der Waals surface area contributed by atoms with Gasteiger partial charge in [-0.3, -0.25) is 24.1 Å². The fraction of sp³-hybridized carbons (Fsp3) is 0.684. The maximum absolute atomic E-state index is 12.5. The van der Waals surface area contributed by atoms with E-state index in [-0.39, 0.29) is 49.5 Å². The predicted octanol–water partition coefficient (Wildman–Crippen LogP) is 1.87. The number of carboxylic acids is 1. The average Bonchev–Trinajstić information content (AvgIpc) is 2.99. The molecule has 3 atom stereocenters. The summed E-state index contributed by atoms with van der Waals surface area (Å²) in [5.74, 6) is -1.54. The van der Waals surface area contributed by atoms with Crippen LogP contribution in [0.25, 0.3) is 0 Å². The summed E-state index contributed by atoms with van der Waals surface area (Å²) in [6, 6.07) is -0.942. The van der Waals surface area contributed by atoms with E-state index in [4.69, 9.17) is 22.1 Å². The quantitative estimate of drug-likeness (QED) is 0.229. The standard InChI is InChI=1S/C19H28N2O7S4/c1-5-30-19(29)32-12(3)18(27)28-8-7-21-15(23)10-13(16(21)24)31-9-6-14(22)20(4)11(2)17(25)26/h11-13H,5-10H2,1-4H3,(H,25,26)/t11-,12?,13?/m0/s1. The summed E-state index contributed by atoms with van der Waals surface area (Å²) in [6.07, 6.45) is 0.0733. The normalized spacial score (nSPS) is 17.8. The number of nitrogens with zero attached hydrogens (tertiary/aromatic N) is 2. The Balaban J connectivity index is 2.41. The molecule has 1 aliphatic heterocycles. The number of rotatable bonds is 12. The van der Waals surface area contributed by atoms with E-state index in [0.717, 1.165) is 15.6 Å². The van der Waals surface area contributed by atoms with Crippen LogP contribution < -0.4 is 0 Å². The summed E-state index contributed by atoms with van der Waals surface area (Å²) in [7, 11) is 1.41. The lowest BCUT2D eigenvalue weighted by atomic mass is 10.3. The van der Waals surface area contributed by atoms with Gasteiger partial charge in [0, 0.05) is 25.6 Å². The number of esters is 1. The Kier molecular flexibility index (Phi) is 12.6. The molecule has 13 heteroatoms. The number of aliphatic carboxylic acids is 1. The number of carbonyl (C=O) groups is 5. The van der Waals surface area contributed by atoms with Crippen molar-refractivity contribution < 1.29 is 33.8 Å². The number of hydrogen-bond acceptors (Lipinski definition) is 10. The molecule has 1 fully saturated rings. The zero-order valence-corrected chi connectivity index (χ0v) is 21.7. The second kappa shape index (κ2) is 14.1. The molecule has 0 aromatic heterocycles. The Morgan fingerprint density at radius 1 is 1.31 bits per heavy atom. The van der Waals surface area contributed by atoms with Crippen LogP contribution >= 0.6 is 47.5 Å². The fourth-order valence-corrected chi connectivity index (χ4v) is 6.20. The number of thioether (sulfide) groups is 3. The van der Waals surface area contributed by atoms with Crippen molar-refractivity contribution in [3.63, 3.8) is 0 Å². The van der Waals surface area contributed by atoms with Crippen LogP contribution in [0, 0.1) is 0 Å². The van der Waals surface area contributed by atoms with Gasteiger partial charge >= 0.3 is 11.9 Å². The molecule has 0 spiro atoms. The Labute approximate surface area is 205 Å². The molecule has 1 N–H and O–H groups in total. The second-order valence-corrected chi connectivity index (χ2v) is 11.9. The molecule has 0 aromatic carbocycles. The number of amides is 3. The third-order valence-electron chi connectivity index (χ3n) is 4.60. The van der Waals surface area contributed by atoms with Crippen molar-refractivity contribution >= 4 is 80.7 Å². The first-order chi connectivity index (χ1) is 15.0. The zero-order valence-electron chi connectivity index (χ0n) is 18.4. The number of likely N-dealkylation sites (N-methyl/N-ethyl adjacent to an activating group) is 1. The van der Waals surface area contributed by atoms with Crippen molar-refractivity contribution in [3.05, 3.63) is 0 Å². The molecule has 9 nitrogen and oxygen atoms in total. The average molecular weight is 525 g/mol. The molecule has 1 rings (SSSR count). The van der Waals surface area contributed by atoms with Gasteiger partial charge in [-0.25, -0.2) is 4.79 Å². The molecule has 0 aliphatic carbocycles. The van der Waals surface area contributed by atoms with E-state index in [2.05, 4.69) is 0 Å². The highest BCUT2D eigenvalue weighted by Crippen LogP contribution is 2.26. The van der Waals surface area contributed by atoms with Gasteiger partial charge in [0.2, 0.25) is 17.7 Å². The highest BCUT2D eigenvalue weighted by Gasteiger charge is 2.38. The summed E-state index contributed by atoms with van der Waals surface area (Å²) >= 11 is 9.05. The molecule has 32 heavy (non-hydrogen) atoms. The number of thiocarbonyl (C=S) groups is 1. The van der Waals surface area contributed by atoms with Crippen molar-refractivity contribution in [2.24, 2.45) is 0 Å². The molecular formula is C19H28N2O7S4. The van der Waals surface area contributed by atoms with Gasteiger partial charge in [-0.15, -0.1) is 23.5 Å². The number of carbonyl (C=O) groups excluding carboxylic acids is 4. The van der Waals surface area contributed by atoms with Crippen LogP contribution in [0.2, 0.25) is 0 Å². The van der Waals surface area contributed by atoms with Crippen LogP contribution in [0.1, 0.15) is 33.6 Å². The first kappa shape index (κ1) is 28.7. The minimum Gasteiger partial charge on any atom is -0.480 e. The van der Waals surface area contributed by atoms with E-state index in [1.165, 1.54) is 49.3 Å². The fourth-order valence-electron chi connectivity index (χ4n) is 2.56. The van der Waals surface area contributed by atoms with Gasteiger partial charge in [-0.1, -0.05) is 30.9 Å². The molecule has 0 saturated carbocycles. The van der Waals surface area contributed by atoms with Crippen LogP contribution in [-0.2, 0) is 28.7 Å². The summed E-state index contributed by atoms with van der Waals surface area (Å²) in [5, 5.41) is 7.88. The molecule has 2 unspecified atom stereocenters. The van der Waals surface area contributed by atoms with E-state index in [1.54, 1.807) is 6.92 Å². The zero-order chi connectivity index (χ0) is 24.4. The number of carboxylic acid groups (broad SMARTS) is 1. The molecule has 3 amide bonds. The Morgan fingerprint density at radius 2 is 1.97 bits per heavy atom. The van der Waals surface area contributed by atoms with E-state index in [1.807, 2.05) is 6.92 Å². The van der Waals surface area contributed by atoms with Crippen LogP contribution in [-0.4, -0.2) is 96.3 Å². The third kappa shape index (κ3) is 8.91. The summed E-state index contributed by atoms with van der Waals surface area (Å²) in [4.78, 5) is 62.0. The first-order valence-corrected chi connectivity index (χ1v) is 13.3. The third-order valence-corrected chi connectivity index (χ3v) is 8.35. The monoisotopic (exact) mass is 524 g/mol. The lowest BCUT2D eigenvalue weighted by molar-refractivity contribution is -0.148. The smallest absolute Gasteiger partial charge is 0.326 e. The van der Waals surface area contributed by atoms with Crippen LogP contribution in [0.5, 0.6) is 0 Å². The molecule has 1 aliphatic rings. The van der Waals surface area contributed by atoms with E-state index >= 15 is 0 Å². The lowest BCUT2D eigenvalue weighted by Gasteiger charge is -2.21. The van der Waals surface area contributed by atoms with Crippen molar-refractivity contribution in [3.8, 4) is 0 Å². The minimum absolute atomic E-state index is 0.0156. The number of hydrogen-bond donors (Lipinski definition) is 1. The lowest BCUT2D eigenvalue weighted by Crippen LogP contribution is -2.40. The van der Waals surface area contributed by atoms with Gasteiger partial charge in [-0.2, -0.15) is 0 Å². The predicted molar refractivity (Wildman–Crippen MR) is 131 cm³/mol. The molecule has 180 valence electrons. The van der Waals surface area contributed by atoms with Crippen molar-refractivity contribution in [2.75, 3.05) is 31.7 Å². The van der Waals surface area contributed by atoms with Crippen LogP contribution in [0.15, 0.2) is 0 Å². The maximum Gasteiger partial charge on any atom is 0.326 e. The molecule has 1 saturated heterocycles. The van der Waals surface area contributed by atoms with Gasteiger partial charge in [0.05, 0.1) is 11.8 Å². The van der Waals surface area contributed by atoms with Crippen LogP contribution in [0.4, 0.5) is 0 Å². The second-order valence-electron chi connectivity index (χ2n) is 6.83. The Hall–Kier alpha value is -1.31. The van der Waals surface area contributed by atoms with Gasteiger partial charge in [0.25, 0.3) is 0 Å². The largest absolute Gasteiger partial charge is 0.480 e. The Bertz CT molecular complexity index is 749. The number of likely N-dealkylation sites (tertiary alicyclic amines) is 1. The summed E-state index contributed by atoms with van der Waals surface area (Å²) < 4.78 is 5.83. The molecular weight excluding hydrogens is 496 g/mol.